The lowest BCUT2D eigenvalue weighted by molar-refractivity contribution is 0.0886. The predicted molar refractivity (Wildman–Crippen MR) is 131 cm³/mol. The Labute approximate surface area is 201 Å². The number of rotatable bonds is 8. The highest BCUT2D eigenvalue weighted by Gasteiger charge is 2.37. The second kappa shape index (κ2) is 11.1. The van der Waals surface area contributed by atoms with E-state index < -0.39 is 0 Å². The number of amides is 3. The zero-order valence-electron chi connectivity index (χ0n) is 20.8. The lowest BCUT2D eigenvalue weighted by Crippen LogP contribution is -2.54. The number of ether oxygens (including phenoxy) is 3. The number of carbonyl (C=O) groups excluding carboxylic acids is 2. The third-order valence-electron chi connectivity index (χ3n) is 6.06. The van der Waals surface area contributed by atoms with Gasteiger partial charge in [0.25, 0.3) is 5.91 Å². The molecule has 0 bridgehead atoms. The Morgan fingerprint density at radius 3 is 2.35 bits per heavy atom. The summed E-state index contributed by atoms with van der Waals surface area (Å²) in [6, 6.07) is 10.1. The van der Waals surface area contributed by atoms with Crippen molar-refractivity contribution in [2.45, 2.75) is 51.7 Å². The molecule has 2 aromatic rings. The number of hydrogen-bond acceptors (Lipinski definition) is 5. The maximum absolute atomic E-state index is 13.2. The summed E-state index contributed by atoms with van der Waals surface area (Å²) in [6.45, 7) is 6.39. The fraction of sp³-hybridized carbons (Fsp3) is 0.462. The highest BCUT2D eigenvalue weighted by atomic mass is 16.5. The number of nitrogens with zero attached hydrogens (tertiary/aromatic N) is 1. The summed E-state index contributed by atoms with van der Waals surface area (Å²) in [7, 11) is 4.76. The van der Waals surface area contributed by atoms with E-state index >= 15 is 0 Å². The normalized spacial score (nSPS) is 15.9. The molecule has 3 amide bonds. The van der Waals surface area contributed by atoms with Gasteiger partial charge in [0.15, 0.2) is 11.5 Å². The van der Waals surface area contributed by atoms with Crippen LogP contribution in [-0.4, -0.2) is 56.8 Å². The lowest BCUT2D eigenvalue weighted by Gasteiger charge is -2.42. The van der Waals surface area contributed by atoms with E-state index in [0.717, 1.165) is 11.1 Å². The van der Waals surface area contributed by atoms with Gasteiger partial charge in [0.1, 0.15) is 5.75 Å². The molecule has 0 saturated carbocycles. The molecule has 8 heteroatoms. The average molecular weight is 470 g/mol. The van der Waals surface area contributed by atoms with Crippen LogP contribution in [0.2, 0.25) is 0 Å². The molecule has 3 rings (SSSR count). The Morgan fingerprint density at radius 1 is 1.03 bits per heavy atom. The fourth-order valence-corrected chi connectivity index (χ4v) is 4.39. The molecule has 0 saturated heterocycles. The molecule has 0 fully saturated rings. The van der Waals surface area contributed by atoms with Crippen LogP contribution in [0, 0.1) is 0 Å². The Bertz CT molecular complexity index is 1020. The molecule has 2 atom stereocenters. The van der Waals surface area contributed by atoms with Crippen molar-refractivity contribution in [1.82, 2.24) is 15.5 Å². The first-order valence-electron chi connectivity index (χ1n) is 11.6. The Morgan fingerprint density at radius 2 is 1.74 bits per heavy atom. The molecule has 1 heterocycles. The number of urea groups is 1. The number of hydrogen-bond donors (Lipinski definition) is 2. The largest absolute Gasteiger partial charge is 0.497 e. The summed E-state index contributed by atoms with van der Waals surface area (Å²) >= 11 is 0. The summed E-state index contributed by atoms with van der Waals surface area (Å²) in [5.74, 6) is 1.63. The van der Waals surface area contributed by atoms with E-state index in [1.165, 1.54) is 0 Å². The van der Waals surface area contributed by atoms with Gasteiger partial charge in [0.05, 0.1) is 33.4 Å². The van der Waals surface area contributed by atoms with Gasteiger partial charge in [-0.3, -0.25) is 4.79 Å². The van der Waals surface area contributed by atoms with Gasteiger partial charge in [0, 0.05) is 18.2 Å². The third kappa shape index (κ3) is 5.38. The van der Waals surface area contributed by atoms with Crippen LogP contribution in [0.4, 0.5) is 4.79 Å². The number of methoxy groups -OCH3 is 3. The van der Waals surface area contributed by atoms with Gasteiger partial charge in [-0.2, -0.15) is 0 Å². The second-order valence-electron chi connectivity index (χ2n) is 8.62. The smallest absolute Gasteiger partial charge is 0.318 e. The summed E-state index contributed by atoms with van der Waals surface area (Å²) in [6.07, 6.45) is 1.30. The lowest BCUT2D eigenvalue weighted by atomic mass is 9.86. The predicted octanol–water partition coefficient (Wildman–Crippen LogP) is 3.94. The first-order chi connectivity index (χ1) is 16.3. The molecule has 0 aliphatic carbocycles. The van der Waals surface area contributed by atoms with Crippen molar-refractivity contribution in [2.24, 2.45) is 0 Å². The van der Waals surface area contributed by atoms with E-state index in [1.807, 2.05) is 37.8 Å². The van der Waals surface area contributed by atoms with Crippen LogP contribution >= 0.6 is 0 Å². The molecule has 0 spiro atoms. The standard InChI is InChI=1S/C26H35N3O5/c1-7-21(28-25(30)18-9-8-10-19(13-18)32-4)24-20-15-23(34-6)22(33-5)14-17(20)11-12-29(24)26(31)27-16(2)3/h8-10,13-16,21,24H,7,11-12H2,1-6H3,(H,27,31)(H,28,30). The molecule has 2 aromatic carbocycles. The summed E-state index contributed by atoms with van der Waals surface area (Å²) in [4.78, 5) is 28.2. The minimum Gasteiger partial charge on any atom is -0.497 e. The van der Waals surface area contributed by atoms with Crippen molar-refractivity contribution < 1.29 is 23.8 Å². The first-order valence-corrected chi connectivity index (χ1v) is 11.6. The van der Waals surface area contributed by atoms with Crippen molar-refractivity contribution in [2.75, 3.05) is 27.9 Å². The second-order valence-corrected chi connectivity index (χ2v) is 8.62. The molecular formula is C26H35N3O5. The Hall–Kier alpha value is -3.42. The maximum Gasteiger partial charge on any atom is 0.318 e. The minimum absolute atomic E-state index is 0.00796. The van der Waals surface area contributed by atoms with Gasteiger partial charge in [-0.25, -0.2) is 4.79 Å². The molecule has 184 valence electrons. The SMILES string of the molecule is CCC(NC(=O)c1cccc(OC)c1)C1c2cc(OC)c(OC)cc2CCN1C(=O)NC(C)C. The zero-order valence-corrected chi connectivity index (χ0v) is 20.8. The van der Waals surface area contributed by atoms with Crippen LogP contribution in [0.1, 0.15) is 54.7 Å². The van der Waals surface area contributed by atoms with E-state index in [2.05, 4.69) is 10.6 Å². The van der Waals surface area contributed by atoms with Crippen LogP contribution in [0.3, 0.4) is 0 Å². The van der Waals surface area contributed by atoms with E-state index in [-0.39, 0.29) is 30.1 Å². The summed E-state index contributed by atoms with van der Waals surface area (Å²) in [5.41, 5.74) is 2.52. The Kier molecular flexibility index (Phi) is 8.26. The fourth-order valence-electron chi connectivity index (χ4n) is 4.39. The van der Waals surface area contributed by atoms with E-state index in [1.54, 1.807) is 45.6 Å². The number of nitrogens with one attached hydrogen (secondary N) is 2. The Balaban J connectivity index is 2.02. The number of benzene rings is 2. The van der Waals surface area contributed by atoms with Gasteiger partial charge in [0.2, 0.25) is 0 Å². The topological polar surface area (TPSA) is 89.1 Å². The van der Waals surface area contributed by atoms with Gasteiger partial charge < -0.3 is 29.7 Å². The minimum atomic E-state index is -0.373. The molecule has 8 nitrogen and oxygen atoms in total. The van der Waals surface area contributed by atoms with Crippen LogP contribution in [0.5, 0.6) is 17.2 Å². The number of fused-ring (bicyclic) bond motifs is 1. The quantitative estimate of drug-likeness (QED) is 0.611. The molecular weight excluding hydrogens is 434 g/mol. The van der Waals surface area contributed by atoms with Gasteiger partial charge in [-0.05, 0) is 68.1 Å². The monoisotopic (exact) mass is 469 g/mol. The molecule has 1 aliphatic rings. The molecule has 0 radical (unpaired) electrons. The van der Waals surface area contributed by atoms with Crippen molar-refractivity contribution in [1.29, 1.82) is 0 Å². The zero-order chi connectivity index (χ0) is 24.8. The highest BCUT2D eigenvalue weighted by Crippen LogP contribution is 2.40. The van der Waals surface area contributed by atoms with Crippen molar-refractivity contribution >= 4 is 11.9 Å². The molecule has 34 heavy (non-hydrogen) atoms. The van der Waals surface area contributed by atoms with E-state index in [4.69, 9.17) is 14.2 Å². The third-order valence-corrected chi connectivity index (χ3v) is 6.06. The van der Waals surface area contributed by atoms with Gasteiger partial charge >= 0.3 is 6.03 Å². The van der Waals surface area contributed by atoms with Crippen LogP contribution in [-0.2, 0) is 6.42 Å². The van der Waals surface area contributed by atoms with Gasteiger partial charge in [-0.1, -0.05) is 13.0 Å². The summed E-state index contributed by atoms with van der Waals surface area (Å²) < 4.78 is 16.3. The van der Waals surface area contributed by atoms with Crippen molar-refractivity contribution in [3.8, 4) is 17.2 Å². The molecule has 1 aliphatic heterocycles. The van der Waals surface area contributed by atoms with E-state index in [9.17, 15) is 9.59 Å². The van der Waals surface area contributed by atoms with Gasteiger partial charge in [-0.15, -0.1) is 0 Å². The molecule has 2 unspecified atom stereocenters. The maximum atomic E-state index is 13.2. The molecule has 0 aromatic heterocycles. The van der Waals surface area contributed by atoms with Crippen molar-refractivity contribution in [3.63, 3.8) is 0 Å². The molecule has 2 N–H and O–H groups in total. The van der Waals surface area contributed by atoms with E-state index in [0.29, 0.717) is 42.2 Å². The van der Waals surface area contributed by atoms with Crippen molar-refractivity contribution in [3.05, 3.63) is 53.1 Å². The average Bonchev–Trinajstić information content (AvgIpc) is 2.85. The number of carbonyl (C=O) groups is 2. The first kappa shape index (κ1) is 25.2. The van der Waals surface area contributed by atoms with Crippen LogP contribution < -0.4 is 24.8 Å². The summed E-state index contributed by atoms with van der Waals surface area (Å²) in [5, 5.41) is 6.17. The highest BCUT2D eigenvalue weighted by molar-refractivity contribution is 5.95. The van der Waals surface area contributed by atoms with Crippen LogP contribution in [0.15, 0.2) is 36.4 Å². The van der Waals surface area contributed by atoms with Crippen LogP contribution in [0.25, 0.3) is 0 Å².